The molecule has 0 aromatic heterocycles. The van der Waals surface area contributed by atoms with Crippen molar-refractivity contribution in [2.75, 3.05) is 25.2 Å². The van der Waals surface area contributed by atoms with Gasteiger partial charge < -0.3 is 19.1 Å². The highest BCUT2D eigenvalue weighted by Crippen LogP contribution is 2.39. The Hall–Kier alpha value is -3.61. The van der Waals surface area contributed by atoms with E-state index in [0.29, 0.717) is 17.0 Å². The third kappa shape index (κ3) is 4.94. The SMILES string of the molecule is CCOC(=O)C1=CN(c2ccc(F)cc2)C=C(C(=O)OCC)C1c1cccc(OC)c1. The van der Waals surface area contributed by atoms with Gasteiger partial charge >= 0.3 is 11.9 Å². The molecule has 0 atom stereocenters. The summed E-state index contributed by atoms with van der Waals surface area (Å²) in [6, 6.07) is 12.8. The van der Waals surface area contributed by atoms with Crippen LogP contribution in [0.5, 0.6) is 5.75 Å². The molecule has 6 nitrogen and oxygen atoms in total. The molecule has 0 saturated heterocycles. The molecule has 0 amide bonds. The first kappa shape index (κ1) is 22.1. The lowest BCUT2D eigenvalue weighted by atomic mass is 9.83. The van der Waals surface area contributed by atoms with E-state index in [1.165, 1.54) is 12.1 Å². The molecule has 0 unspecified atom stereocenters. The van der Waals surface area contributed by atoms with Crippen molar-refractivity contribution in [3.05, 3.63) is 83.5 Å². The number of benzene rings is 2. The summed E-state index contributed by atoms with van der Waals surface area (Å²) in [5, 5.41) is 0. The third-order valence-electron chi connectivity index (χ3n) is 4.75. The molecule has 0 aliphatic carbocycles. The molecule has 0 spiro atoms. The van der Waals surface area contributed by atoms with Crippen molar-refractivity contribution in [1.29, 1.82) is 0 Å². The van der Waals surface area contributed by atoms with E-state index >= 15 is 0 Å². The normalized spacial score (nSPS) is 13.9. The number of carbonyl (C=O) groups excluding carboxylic acids is 2. The average Bonchev–Trinajstić information content (AvgIpc) is 2.79. The Morgan fingerprint density at radius 3 is 2.03 bits per heavy atom. The van der Waals surface area contributed by atoms with Crippen LogP contribution in [-0.4, -0.2) is 32.3 Å². The van der Waals surface area contributed by atoms with E-state index in [2.05, 4.69) is 0 Å². The molecule has 0 fully saturated rings. The van der Waals surface area contributed by atoms with Crippen molar-refractivity contribution < 1.29 is 28.2 Å². The Bertz CT molecular complexity index is 977. The molecule has 3 rings (SSSR count). The van der Waals surface area contributed by atoms with Crippen molar-refractivity contribution in [2.45, 2.75) is 19.8 Å². The van der Waals surface area contributed by atoms with Crippen LogP contribution in [0, 0.1) is 5.82 Å². The zero-order chi connectivity index (χ0) is 22.4. The predicted octanol–water partition coefficient (Wildman–Crippen LogP) is 4.33. The average molecular weight is 425 g/mol. The van der Waals surface area contributed by atoms with Gasteiger partial charge in [-0.1, -0.05) is 12.1 Å². The van der Waals surface area contributed by atoms with E-state index in [9.17, 15) is 14.0 Å². The number of rotatable bonds is 7. The molecule has 0 radical (unpaired) electrons. The van der Waals surface area contributed by atoms with Crippen molar-refractivity contribution in [3.63, 3.8) is 0 Å². The van der Waals surface area contributed by atoms with E-state index in [4.69, 9.17) is 14.2 Å². The first-order valence-corrected chi connectivity index (χ1v) is 9.94. The van der Waals surface area contributed by atoms with Crippen LogP contribution >= 0.6 is 0 Å². The van der Waals surface area contributed by atoms with Gasteiger partial charge in [-0.05, 0) is 55.8 Å². The summed E-state index contributed by atoms with van der Waals surface area (Å²) >= 11 is 0. The first-order chi connectivity index (χ1) is 15.0. The van der Waals surface area contributed by atoms with Crippen molar-refractivity contribution in [1.82, 2.24) is 0 Å². The maximum Gasteiger partial charge on any atom is 0.336 e. The van der Waals surface area contributed by atoms with Crippen LogP contribution in [0.4, 0.5) is 10.1 Å². The van der Waals surface area contributed by atoms with Gasteiger partial charge in [0.1, 0.15) is 11.6 Å². The predicted molar refractivity (Wildman–Crippen MR) is 114 cm³/mol. The Labute approximate surface area is 180 Å². The van der Waals surface area contributed by atoms with Crippen LogP contribution in [0.25, 0.3) is 0 Å². The van der Waals surface area contributed by atoms with Gasteiger partial charge in [0.15, 0.2) is 0 Å². The number of hydrogen-bond donors (Lipinski definition) is 0. The number of esters is 2. The highest BCUT2D eigenvalue weighted by atomic mass is 19.1. The largest absolute Gasteiger partial charge is 0.497 e. The Morgan fingerprint density at radius 1 is 0.935 bits per heavy atom. The second-order valence-electron chi connectivity index (χ2n) is 6.70. The highest BCUT2D eigenvalue weighted by Gasteiger charge is 2.36. The standard InChI is InChI=1S/C24H24FNO5/c1-4-30-23(27)20-14-26(18-11-9-17(25)10-12-18)15-21(24(28)31-5-2)22(20)16-7-6-8-19(13-16)29-3/h6-15,22H,4-5H2,1-3H3. The highest BCUT2D eigenvalue weighted by molar-refractivity contribution is 6.00. The molecule has 0 bridgehead atoms. The molecular weight excluding hydrogens is 401 g/mol. The van der Waals surface area contributed by atoms with Crippen LogP contribution in [0.15, 0.2) is 72.1 Å². The van der Waals surface area contributed by atoms with Crippen LogP contribution < -0.4 is 9.64 Å². The van der Waals surface area contributed by atoms with Crippen molar-refractivity contribution in [2.24, 2.45) is 0 Å². The van der Waals surface area contributed by atoms with Crippen molar-refractivity contribution in [3.8, 4) is 5.75 Å². The fourth-order valence-electron chi connectivity index (χ4n) is 3.37. The lowest BCUT2D eigenvalue weighted by Gasteiger charge is -2.30. The fraction of sp³-hybridized carbons (Fsp3) is 0.250. The summed E-state index contributed by atoms with van der Waals surface area (Å²) < 4.78 is 29.3. The van der Waals surface area contributed by atoms with Gasteiger partial charge in [-0.2, -0.15) is 0 Å². The van der Waals surface area contributed by atoms with Gasteiger partial charge in [0, 0.05) is 18.1 Å². The second kappa shape index (κ2) is 9.93. The van der Waals surface area contributed by atoms with Crippen LogP contribution in [0.2, 0.25) is 0 Å². The second-order valence-corrected chi connectivity index (χ2v) is 6.70. The van der Waals surface area contributed by atoms with E-state index in [1.807, 2.05) is 0 Å². The number of carbonyl (C=O) groups is 2. The molecule has 31 heavy (non-hydrogen) atoms. The minimum Gasteiger partial charge on any atom is -0.497 e. The topological polar surface area (TPSA) is 65.1 Å². The van der Waals surface area contributed by atoms with E-state index in [1.54, 1.807) is 74.7 Å². The van der Waals surface area contributed by atoms with Crippen molar-refractivity contribution >= 4 is 17.6 Å². The maximum atomic E-state index is 13.4. The molecule has 162 valence electrons. The summed E-state index contributed by atoms with van der Waals surface area (Å²) in [4.78, 5) is 27.4. The summed E-state index contributed by atoms with van der Waals surface area (Å²) in [5.74, 6) is -1.64. The number of nitrogens with zero attached hydrogens (tertiary/aromatic N) is 1. The quantitative estimate of drug-likeness (QED) is 0.615. The van der Waals surface area contributed by atoms with Gasteiger partial charge in [-0.25, -0.2) is 14.0 Å². The molecule has 7 heteroatoms. The lowest BCUT2D eigenvalue weighted by Crippen LogP contribution is -2.29. The Kier molecular flexibility index (Phi) is 7.07. The fourth-order valence-corrected chi connectivity index (χ4v) is 3.37. The smallest absolute Gasteiger partial charge is 0.336 e. The molecular formula is C24H24FNO5. The number of halogens is 1. The molecule has 2 aromatic rings. The number of anilines is 1. The van der Waals surface area contributed by atoms with Gasteiger partial charge in [-0.3, -0.25) is 0 Å². The van der Waals surface area contributed by atoms with Crippen LogP contribution in [0.3, 0.4) is 0 Å². The summed E-state index contributed by atoms with van der Waals surface area (Å²) in [7, 11) is 1.54. The zero-order valence-electron chi connectivity index (χ0n) is 17.6. The molecule has 1 heterocycles. The number of ether oxygens (including phenoxy) is 3. The van der Waals surface area contributed by atoms with E-state index in [0.717, 1.165) is 0 Å². The first-order valence-electron chi connectivity index (χ1n) is 9.94. The van der Waals surface area contributed by atoms with E-state index in [-0.39, 0.29) is 30.2 Å². The summed E-state index contributed by atoms with van der Waals surface area (Å²) in [6.45, 7) is 3.77. The number of methoxy groups -OCH3 is 1. The monoisotopic (exact) mass is 425 g/mol. The van der Waals surface area contributed by atoms with Gasteiger partial charge in [-0.15, -0.1) is 0 Å². The molecule has 0 saturated carbocycles. The maximum absolute atomic E-state index is 13.4. The zero-order valence-corrected chi connectivity index (χ0v) is 17.6. The van der Waals surface area contributed by atoms with Gasteiger partial charge in [0.2, 0.25) is 0 Å². The molecule has 1 aliphatic rings. The van der Waals surface area contributed by atoms with Crippen LogP contribution in [-0.2, 0) is 19.1 Å². The lowest BCUT2D eigenvalue weighted by molar-refractivity contribution is -0.139. The molecule has 1 aliphatic heterocycles. The van der Waals surface area contributed by atoms with Gasteiger partial charge in [0.05, 0.1) is 37.4 Å². The third-order valence-corrected chi connectivity index (χ3v) is 4.75. The van der Waals surface area contributed by atoms with Gasteiger partial charge in [0.25, 0.3) is 0 Å². The number of hydrogen-bond acceptors (Lipinski definition) is 6. The minimum absolute atomic E-state index is 0.177. The summed E-state index contributed by atoms with van der Waals surface area (Å²) in [6.07, 6.45) is 3.19. The van der Waals surface area contributed by atoms with E-state index < -0.39 is 17.9 Å². The van der Waals surface area contributed by atoms with Crippen LogP contribution in [0.1, 0.15) is 25.3 Å². The summed E-state index contributed by atoms with van der Waals surface area (Å²) in [5.41, 5.74) is 1.76. The minimum atomic E-state index is -0.718. The Morgan fingerprint density at radius 2 is 1.52 bits per heavy atom. The molecule has 0 N–H and O–H groups in total. The molecule has 2 aromatic carbocycles. The Balaban J connectivity index is 2.17.